The lowest BCUT2D eigenvalue weighted by atomic mass is 9.83. The summed E-state index contributed by atoms with van der Waals surface area (Å²) in [4.78, 5) is 0. The van der Waals surface area contributed by atoms with Crippen LogP contribution in [-0.4, -0.2) is 39.7 Å². The second-order valence-electron chi connectivity index (χ2n) is 4.18. The fraction of sp³-hybridized carbons (Fsp3) is 1.00. The molecule has 0 saturated heterocycles. The molecule has 0 aromatic carbocycles. The smallest absolute Gasteiger partial charge is 0.0981 e. The molecule has 70 valence electrons. The highest BCUT2D eigenvalue weighted by Crippen LogP contribution is 2.49. The minimum atomic E-state index is -0.801. The Morgan fingerprint density at radius 1 is 1.33 bits per heavy atom. The van der Waals surface area contributed by atoms with E-state index in [-0.39, 0.29) is 18.4 Å². The summed E-state index contributed by atoms with van der Waals surface area (Å²) < 4.78 is 0. The first kappa shape index (κ1) is 8.44. The third kappa shape index (κ3) is 0.864. The van der Waals surface area contributed by atoms with Crippen molar-refractivity contribution in [3.05, 3.63) is 0 Å². The van der Waals surface area contributed by atoms with Crippen molar-refractivity contribution in [1.29, 1.82) is 0 Å². The molecule has 0 spiro atoms. The van der Waals surface area contributed by atoms with Gasteiger partial charge in [-0.1, -0.05) is 0 Å². The molecule has 0 unspecified atom stereocenters. The lowest BCUT2D eigenvalue weighted by Gasteiger charge is -2.33. The molecule has 12 heavy (non-hydrogen) atoms. The molecule has 2 bridgehead atoms. The van der Waals surface area contributed by atoms with E-state index in [1.807, 2.05) is 0 Å². The van der Waals surface area contributed by atoms with Crippen LogP contribution >= 0.6 is 0 Å². The van der Waals surface area contributed by atoms with Gasteiger partial charge in [0.2, 0.25) is 0 Å². The van der Waals surface area contributed by atoms with Crippen molar-refractivity contribution in [1.82, 2.24) is 0 Å². The Balaban J connectivity index is 2.21. The summed E-state index contributed by atoms with van der Waals surface area (Å²) in [6, 6.07) is 0. The second-order valence-corrected chi connectivity index (χ2v) is 4.18. The Labute approximate surface area is 71.0 Å². The average Bonchev–Trinajstić information content (AvgIpc) is 2.49. The number of hydrogen-bond acceptors (Lipinski definition) is 4. The third-order valence-electron chi connectivity index (χ3n) is 3.45. The largest absolute Gasteiger partial charge is 0.396 e. The quantitative estimate of drug-likeness (QED) is 0.386. The van der Waals surface area contributed by atoms with Gasteiger partial charge in [-0.05, 0) is 24.7 Å². The zero-order valence-corrected chi connectivity index (χ0v) is 6.85. The monoisotopic (exact) mass is 173 g/mol. The number of aliphatic hydroxyl groups is 3. The molecule has 2 fully saturated rings. The van der Waals surface area contributed by atoms with E-state index in [0.717, 1.165) is 0 Å². The average molecular weight is 173 g/mol. The van der Waals surface area contributed by atoms with Crippen molar-refractivity contribution >= 4 is 0 Å². The molecule has 4 heteroatoms. The van der Waals surface area contributed by atoms with Gasteiger partial charge in [0.1, 0.15) is 0 Å². The predicted octanol–water partition coefficient (Wildman–Crippen LogP) is -1.56. The van der Waals surface area contributed by atoms with E-state index in [2.05, 4.69) is 0 Å². The first-order chi connectivity index (χ1) is 5.58. The molecule has 0 aromatic heterocycles. The molecule has 0 aromatic rings. The van der Waals surface area contributed by atoms with Gasteiger partial charge < -0.3 is 21.1 Å². The van der Waals surface area contributed by atoms with Crippen LogP contribution in [0.1, 0.15) is 12.8 Å². The normalized spacial score (nSPS) is 58.0. The summed E-state index contributed by atoms with van der Waals surface area (Å²) in [5.41, 5.74) is 5.24. The van der Waals surface area contributed by atoms with Gasteiger partial charge in [-0.25, -0.2) is 0 Å². The summed E-state index contributed by atoms with van der Waals surface area (Å²) in [6.07, 6.45) is -0.265. The molecule has 2 rings (SSSR count). The van der Waals surface area contributed by atoms with Gasteiger partial charge >= 0.3 is 0 Å². The van der Waals surface area contributed by atoms with Gasteiger partial charge in [0.05, 0.1) is 12.2 Å². The van der Waals surface area contributed by atoms with Crippen LogP contribution in [0, 0.1) is 11.8 Å². The number of nitrogens with two attached hydrogens (primary N) is 1. The Kier molecular flexibility index (Phi) is 1.70. The summed E-state index contributed by atoms with van der Waals surface area (Å²) >= 11 is 0. The number of rotatable bonds is 1. The SMILES string of the molecule is N[C@]12C[C@H](CO)[C@H](C1)[C@H](O)[C@H]2O. The Hall–Kier alpha value is -0.160. The highest BCUT2D eigenvalue weighted by Gasteiger charge is 2.59. The van der Waals surface area contributed by atoms with Crippen LogP contribution in [0.3, 0.4) is 0 Å². The molecule has 2 aliphatic rings. The maximum atomic E-state index is 9.51. The third-order valence-corrected chi connectivity index (χ3v) is 3.45. The van der Waals surface area contributed by atoms with Crippen LogP contribution < -0.4 is 5.73 Å². The molecule has 0 heterocycles. The Morgan fingerprint density at radius 2 is 2.00 bits per heavy atom. The summed E-state index contributed by atoms with van der Waals surface area (Å²) in [5.74, 6) is 0.0726. The number of aliphatic hydroxyl groups excluding tert-OH is 3. The molecular formula is C8H15NO3. The molecule has 5 N–H and O–H groups in total. The molecule has 0 amide bonds. The van der Waals surface area contributed by atoms with Gasteiger partial charge in [0.25, 0.3) is 0 Å². The lowest BCUT2D eigenvalue weighted by Crippen LogP contribution is -2.53. The van der Waals surface area contributed by atoms with Crippen molar-refractivity contribution in [3.8, 4) is 0 Å². The van der Waals surface area contributed by atoms with Crippen molar-refractivity contribution in [2.45, 2.75) is 30.6 Å². The highest BCUT2D eigenvalue weighted by atomic mass is 16.3. The fourth-order valence-corrected chi connectivity index (χ4v) is 2.74. The maximum Gasteiger partial charge on any atom is 0.0981 e. The van der Waals surface area contributed by atoms with Crippen molar-refractivity contribution < 1.29 is 15.3 Å². The van der Waals surface area contributed by atoms with Crippen molar-refractivity contribution in [3.63, 3.8) is 0 Å². The molecule has 0 aliphatic heterocycles. The number of hydrogen-bond donors (Lipinski definition) is 4. The van der Waals surface area contributed by atoms with E-state index in [0.29, 0.717) is 12.8 Å². The van der Waals surface area contributed by atoms with Gasteiger partial charge in [-0.2, -0.15) is 0 Å². The van der Waals surface area contributed by atoms with E-state index >= 15 is 0 Å². The predicted molar refractivity (Wildman–Crippen MR) is 42.2 cm³/mol. The molecule has 0 radical (unpaired) electrons. The summed E-state index contributed by atoms with van der Waals surface area (Å²) in [7, 11) is 0. The van der Waals surface area contributed by atoms with Gasteiger partial charge in [-0.3, -0.25) is 0 Å². The Bertz CT molecular complexity index is 193. The summed E-state index contributed by atoms with van der Waals surface area (Å²) in [5, 5.41) is 28.0. The highest BCUT2D eigenvalue weighted by molar-refractivity contribution is 5.13. The van der Waals surface area contributed by atoms with Crippen molar-refractivity contribution in [2.75, 3.05) is 6.61 Å². The van der Waals surface area contributed by atoms with E-state index in [1.54, 1.807) is 0 Å². The first-order valence-electron chi connectivity index (χ1n) is 4.34. The zero-order valence-electron chi connectivity index (χ0n) is 6.85. The minimum Gasteiger partial charge on any atom is -0.396 e. The maximum absolute atomic E-state index is 9.51. The standard InChI is InChI=1S/C8H15NO3/c9-8-1-4(3-10)5(2-8)6(11)7(8)12/h4-7,10-12H,1-3,9H2/t4-,5+,6+,7-,8-/m1/s1. The van der Waals surface area contributed by atoms with Crippen LogP contribution in [0.25, 0.3) is 0 Å². The number of fused-ring (bicyclic) bond motifs is 2. The molecule has 5 atom stereocenters. The molecule has 2 saturated carbocycles. The van der Waals surface area contributed by atoms with Crippen LogP contribution in [0.2, 0.25) is 0 Å². The van der Waals surface area contributed by atoms with Gasteiger partial charge in [0, 0.05) is 12.1 Å². The van der Waals surface area contributed by atoms with E-state index < -0.39 is 17.7 Å². The van der Waals surface area contributed by atoms with E-state index in [1.165, 1.54) is 0 Å². The Morgan fingerprint density at radius 3 is 2.42 bits per heavy atom. The fourth-order valence-electron chi connectivity index (χ4n) is 2.74. The topological polar surface area (TPSA) is 86.7 Å². The second kappa shape index (κ2) is 2.42. The van der Waals surface area contributed by atoms with Gasteiger partial charge in [-0.15, -0.1) is 0 Å². The summed E-state index contributed by atoms with van der Waals surface area (Å²) in [6.45, 7) is 0.0629. The first-order valence-corrected chi connectivity index (χ1v) is 4.34. The molecular weight excluding hydrogens is 158 g/mol. The molecule has 4 nitrogen and oxygen atoms in total. The van der Waals surface area contributed by atoms with Gasteiger partial charge in [0.15, 0.2) is 0 Å². The van der Waals surface area contributed by atoms with Crippen LogP contribution in [0.4, 0.5) is 0 Å². The van der Waals surface area contributed by atoms with Crippen molar-refractivity contribution in [2.24, 2.45) is 17.6 Å². The van der Waals surface area contributed by atoms with Crippen LogP contribution in [-0.2, 0) is 0 Å². The van der Waals surface area contributed by atoms with Crippen LogP contribution in [0.5, 0.6) is 0 Å². The van der Waals surface area contributed by atoms with E-state index in [9.17, 15) is 10.2 Å². The minimum absolute atomic E-state index is 0.00463. The van der Waals surface area contributed by atoms with E-state index in [4.69, 9.17) is 10.8 Å². The zero-order chi connectivity index (χ0) is 8.93. The van der Waals surface area contributed by atoms with Crippen LogP contribution in [0.15, 0.2) is 0 Å². The molecule has 2 aliphatic carbocycles. The lowest BCUT2D eigenvalue weighted by molar-refractivity contribution is -0.0494.